The van der Waals surface area contributed by atoms with Gasteiger partial charge in [-0.3, -0.25) is 4.55 Å². The van der Waals surface area contributed by atoms with Crippen LogP contribution in [0, 0.1) is 0 Å². The summed E-state index contributed by atoms with van der Waals surface area (Å²) in [6.07, 6.45) is 11.1. The summed E-state index contributed by atoms with van der Waals surface area (Å²) >= 11 is 0. The minimum absolute atomic E-state index is 0. The molecule has 0 amide bonds. The second kappa shape index (κ2) is 17.0. The van der Waals surface area contributed by atoms with E-state index in [9.17, 15) is 13.2 Å². The molecule has 0 saturated heterocycles. The van der Waals surface area contributed by atoms with Crippen molar-refractivity contribution in [2.75, 3.05) is 19.0 Å². The third-order valence-corrected chi connectivity index (χ3v) is 3.96. The van der Waals surface area contributed by atoms with E-state index in [1.54, 1.807) is 0 Å². The predicted molar refractivity (Wildman–Crippen MR) is 91.3 cm³/mol. The van der Waals surface area contributed by atoms with E-state index < -0.39 is 28.6 Å². The van der Waals surface area contributed by atoms with Crippen molar-refractivity contribution in [2.45, 2.75) is 71.1 Å². The maximum absolute atomic E-state index is 11.1. The van der Waals surface area contributed by atoms with Gasteiger partial charge in [-0.25, -0.2) is 4.79 Å². The van der Waals surface area contributed by atoms with Crippen LogP contribution in [0.1, 0.15) is 71.1 Å². The first-order chi connectivity index (χ1) is 10.5. The van der Waals surface area contributed by atoms with Gasteiger partial charge in [0.15, 0.2) is 0 Å². The van der Waals surface area contributed by atoms with Gasteiger partial charge in [0.05, 0.1) is 6.61 Å². The number of rotatable bonds is 14. The zero-order valence-corrected chi connectivity index (χ0v) is 17.4. The van der Waals surface area contributed by atoms with Crippen LogP contribution in [0.25, 0.3) is 0 Å². The average Bonchev–Trinajstić information content (AvgIpc) is 2.43. The summed E-state index contributed by atoms with van der Waals surface area (Å²) in [6.45, 7) is 2.10. The summed E-state index contributed by atoms with van der Waals surface area (Å²) in [5.41, 5.74) is 0. The molecule has 0 atom stereocenters. The Morgan fingerprint density at radius 2 is 1.26 bits per heavy atom. The van der Waals surface area contributed by atoms with Crippen molar-refractivity contribution in [3.05, 3.63) is 0 Å². The molecule has 0 aromatic rings. The zero-order valence-electron chi connectivity index (χ0n) is 14.6. The van der Waals surface area contributed by atoms with Gasteiger partial charge >= 0.3 is 6.16 Å². The molecular weight excluding hydrogens is 331 g/mol. The molecule has 0 heterocycles. The minimum atomic E-state index is -4.10. The molecule has 1 radical (unpaired) electrons. The molecule has 0 fully saturated rings. The van der Waals surface area contributed by atoms with Crippen molar-refractivity contribution in [1.82, 2.24) is 0 Å². The number of carbonyl (C=O) groups is 1. The Morgan fingerprint density at radius 3 is 1.74 bits per heavy atom. The van der Waals surface area contributed by atoms with E-state index in [4.69, 9.17) is 9.29 Å². The molecule has 8 heteroatoms. The molecule has 0 aromatic heterocycles. The van der Waals surface area contributed by atoms with Crippen molar-refractivity contribution < 1.29 is 27.2 Å². The summed E-state index contributed by atoms with van der Waals surface area (Å²) in [4.78, 5) is 11.1. The van der Waals surface area contributed by atoms with E-state index in [-0.39, 0.29) is 36.2 Å². The van der Waals surface area contributed by atoms with E-state index in [1.165, 1.54) is 44.9 Å². The quantitative estimate of drug-likeness (QED) is 0.220. The van der Waals surface area contributed by atoms with Crippen LogP contribution in [-0.4, -0.2) is 67.6 Å². The molecule has 1 N–H and O–H groups in total. The van der Waals surface area contributed by atoms with Gasteiger partial charge in [-0.1, -0.05) is 64.7 Å². The van der Waals surface area contributed by atoms with E-state index >= 15 is 0 Å². The first-order valence-electron chi connectivity index (χ1n) is 8.20. The fourth-order valence-electron chi connectivity index (χ4n) is 2.02. The van der Waals surface area contributed by atoms with Crippen LogP contribution >= 0.6 is 0 Å². The van der Waals surface area contributed by atoms with Gasteiger partial charge in [0, 0.05) is 29.6 Å². The van der Waals surface area contributed by atoms with Crippen LogP contribution in [0.3, 0.4) is 0 Å². The number of unbranched alkanes of at least 4 members (excludes halogenated alkanes) is 9. The van der Waals surface area contributed by atoms with Crippen molar-refractivity contribution >= 4 is 45.8 Å². The monoisotopic (exact) mass is 361 g/mol. The van der Waals surface area contributed by atoms with Gasteiger partial charge in [-0.15, -0.1) is 0 Å². The standard InChI is InChI=1S/C15H30O6S.Na/c1-2-3-4-5-6-7-8-9-10-11-12-20-15(16)21-13-14-22(17,18)19;/h2-14H2,1H3,(H,17,18,19);. The van der Waals surface area contributed by atoms with Gasteiger partial charge in [-0.2, -0.15) is 8.42 Å². The fourth-order valence-corrected chi connectivity index (χ4v) is 2.31. The largest absolute Gasteiger partial charge is 0.508 e. The Kier molecular flexibility index (Phi) is 18.8. The Morgan fingerprint density at radius 1 is 0.826 bits per heavy atom. The summed E-state index contributed by atoms with van der Waals surface area (Å²) in [5, 5.41) is 0. The molecule has 23 heavy (non-hydrogen) atoms. The van der Waals surface area contributed by atoms with Crippen LogP contribution in [0.2, 0.25) is 0 Å². The Balaban J connectivity index is 0. The smallest absolute Gasteiger partial charge is 0.434 e. The minimum Gasteiger partial charge on any atom is -0.434 e. The summed E-state index contributed by atoms with van der Waals surface area (Å²) < 4.78 is 38.5. The van der Waals surface area contributed by atoms with Crippen LogP contribution in [0.4, 0.5) is 4.79 Å². The normalized spacial score (nSPS) is 10.9. The molecule has 0 aliphatic heterocycles. The van der Waals surface area contributed by atoms with Crippen LogP contribution in [0.5, 0.6) is 0 Å². The van der Waals surface area contributed by atoms with Gasteiger partial charge in [-0.05, 0) is 6.42 Å². The topological polar surface area (TPSA) is 89.9 Å². The molecule has 0 aromatic carbocycles. The van der Waals surface area contributed by atoms with E-state index in [0.29, 0.717) is 0 Å². The third-order valence-electron chi connectivity index (χ3n) is 3.28. The molecule has 0 saturated carbocycles. The molecule has 133 valence electrons. The SMILES string of the molecule is CCCCCCCCCCCCOC(=O)OCCS(=O)(=O)O.[Na]. The molecule has 0 rings (SSSR count). The second-order valence-corrected chi connectivity index (χ2v) is 6.99. The predicted octanol–water partition coefficient (Wildman–Crippen LogP) is 3.57. The molecule has 0 bridgehead atoms. The van der Waals surface area contributed by atoms with Crippen molar-refractivity contribution in [2.24, 2.45) is 0 Å². The number of carbonyl (C=O) groups excluding carboxylic acids is 1. The first kappa shape index (κ1) is 25.4. The molecule has 0 spiro atoms. The molecule has 0 aliphatic carbocycles. The number of hydrogen-bond acceptors (Lipinski definition) is 5. The van der Waals surface area contributed by atoms with Crippen LogP contribution < -0.4 is 0 Å². The molecular formula is C15H30NaO6S. The number of hydrogen-bond donors (Lipinski definition) is 1. The van der Waals surface area contributed by atoms with Crippen LogP contribution in [-0.2, 0) is 19.6 Å². The van der Waals surface area contributed by atoms with E-state index in [2.05, 4.69) is 11.7 Å². The Labute approximate surface area is 162 Å². The van der Waals surface area contributed by atoms with Gasteiger partial charge in [0.25, 0.3) is 10.1 Å². The third kappa shape index (κ3) is 22.2. The molecule has 6 nitrogen and oxygen atoms in total. The first-order valence-corrected chi connectivity index (χ1v) is 9.81. The summed E-state index contributed by atoms with van der Waals surface area (Å²) in [5.74, 6) is -0.611. The Bertz CT molecular complexity index is 372. The van der Waals surface area contributed by atoms with E-state index in [0.717, 1.165) is 19.3 Å². The van der Waals surface area contributed by atoms with Crippen molar-refractivity contribution in [3.8, 4) is 0 Å². The van der Waals surface area contributed by atoms with Crippen molar-refractivity contribution in [1.29, 1.82) is 0 Å². The summed E-state index contributed by atoms with van der Waals surface area (Å²) in [7, 11) is -4.10. The van der Waals surface area contributed by atoms with Gasteiger partial charge in [0.2, 0.25) is 0 Å². The maximum Gasteiger partial charge on any atom is 0.508 e. The fraction of sp³-hybridized carbons (Fsp3) is 0.933. The van der Waals surface area contributed by atoms with Crippen molar-refractivity contribution in [3.63, 3.8) is 0 Å². The molecule has 0 aliphatic rings. The second-order valence-electron chi connectivity index (χ2n) is 5.41. The van der Waals surface area contributed by atoms with E-state index in [1.807, 2.05) is 0 Å². The van der Waals surface area contributed by atoms with Crippen LogP contribution in [0.15, 0.2) is 0 Å². The summed E-state index contributed by atoms with van der Waals surface area (Å²) in [6, 6.07) is 0. The molecule has 0 unspecified atom stereocenters. The number of ether oxygens (including phenoxy) is 2. The maximum atomic E-state index is 11.1. The average molecular weight is 361 g/mol. The van der Waals surface area contributed by atoms with Gasteiger partial charge < -0.3 is 9.47 Å². The zero-order chi connectivity index (χ0) is 16.7. The van der Waals surface area contributed by atoms with Gasteiger partial charge in [0.1, 0.15) is 12.4 Å². The Hall–Kier alpha value is 0.180.